The fourth-order valence-electron chi connectivity index (χ4n) is 2.16. The van der Waals surface area contributed by atoms with Crippen molar-refractivity contribution >= 4 is 5.78 Å². The van der Waals surface area contributed by atoms with E-state index in [1.54, 1.807) is 0 Å². The Morgan fingerprint density at radius 1 is 1.50 bits per heavy atom. The summed E-state index contributed by atoms with van der Waals surface area (Å²) in [5.41, 5.74) is 1.31. The van der Waals surface area contributed by atoms with Crippen LogP contribution in [0.2, 0.25) is 0 Å². The molecule has 0 aromatic carbocycles. The maximum Gasteiger partial charge on any atom is 0.136 e. The van der Waals surface area contributed by atoms with Crippen molar-refractivity contribution in [1.29, 1.82) is 0 Å². The van der Waals surface area contributed by atoms with Crippen LogP contribution >= 0.6 is 0 Å². The normalized spacial score (nSPS) is 26.3. The van der Waals surface area contributed by atoms with Crippen LogP contribution in [-0.4, -0.2) is 5.78 Å². The second kappa shape index (κ2) is 5.14. The number of carbonyl (C=O) groups excluding carboxylic acids is 1. The van der Waals surface area contributed by atoms with Gasteiger partial charge in [-0.3, -0.25) is 4.79 Å². The minimum absolute atomic E-state index is 0.267. The lowest BCUT2D eigenvalue weighted by molar-refractivity contribution is -0.121. The van der Waals surface area contributed by atoms with Crippen LogP contribution in [0.5, 0.6) is 0 Å². The van der Waals surface area contributed by atoms with Gasteiger partial charge < -0.3 is 0 Å². The molecule has 0 spiro atoms. The van der Waals surface area contributed by atoms with E-state index in [0.29, 0.717) is 11.7 Å². The molecule has 1 aliphatic carbocycles. The van der Waals surface area contributed by atoms with Crippen LogP contribution in [0.25, 0.3) is 0 Å². The van der Waals surface area contributed by atoms with Gasteiger partial charge in [0.2, 0.25) is 0 Å². The number of hydrogen-bond acceptors (Lipinski definition) is 1. The average molecular weight is 192 g/mol. The van der Waals surface area contributed by atoms with Gasteiger partial charge in [-0.25, -0.2) is 0 Å². The summed E-state index contributed by atoms with van der Waals surface area (Å²) in [4.78, 5) is 11.6. The van der Waals surface area contributed by atoms with Gasteiger partial charge in [0.1, 0.15) is 5.78 Å². The number of ketones is 1. The van der Waals surface area contributed by atoms with E-state index in [1.807, 2.05) is 6.08 Å². The van der Waals surface area contributed by atoms with Crippen molar-refractivity contribution in [3.05, 3.63) is 24.3 Å². The topological polar surface area (TPSA) is 17.1 Å². The lowest BCUT2D eigenvalue weighted by Gasteiger charge is -2.14. The van der Waals surface area contributed by atoms with Gasteiger partial charge in [0.15, 0.2) is 0 Å². The summed E-state index contributed by atoms with van der Waals surface area (Å²) < 4.78 is 0. The van der Waals surface area contributed by atoms with E-state index in [-0.39, 0.29) is 5.92 Å². The summed E-state index contributed by atoms with van der Waals surface area (Å²) in [6, 6.07) is 0. The molecule has 1 aliphatic rings. The van der Waals surface area contributed by atoms with Crippen molar-refractivity contribution in [1.82, 2.24) is 0 Å². The molecule has 1 fully saturated rings. The Bertz CT molecular complexity index is 246. The van der Waals surface area contributed by atoms with Gasteiger partial charge >= 0.3 is 0 Å². The molecule has 0 bridgehead atoms. The Morgan fingerprint density at radius 2 is 2.21 bits per heavy atom. The van der Waals surface area contributed by atoms with Gasteiger partial charge in [-0.15, -0.1) is 6.58 Å². The zero-order valence-corrected chi connectivity index (χ0v) is 9.25. The molecule has 0 saturated heterocycles. The van der Waals surface area contributed by atoms with Crippen LogP contribution in [0.1, 0.15) is 39.5 Å². The van der Waals surface area contributed by atoms with Crippen molar-refractivity contribution in [2.45, 2.75) is 39.5 Å². The van der Waals surface area contributed by atoms with E-state index >= 15 is 0 Å². The maximum absolute atomic E-state index is 11.6. The van der Waals surface area contributed by atoms with Crippen LogP contribution in [0.4, 0.5) is 0 Å². The standard InChI is InChI=1S/C13H20O/c1-4-5-11-7-9-13(14)12(11)8-6-10(2)3/h4,6,11-12H,1,5,7-9H2,2-3H3/t11-,12-/m1/s1. The Kier molecular flexibility index (Phi) is 4.12. The lowest BCUT2D eigenvalue weighted by atomic mass is 9.89. The molecule has 1 rings (SSSR count). The van der Waals surface area contributed by atoms with Crippen LogP contribution < -0.4 is 0 Å². The Morgan fingerprint density at radius 3 is 2.79 bits per heavy atom. The summed E-state index contributed by atoms with van der Waals surface area (Å²) in [6.07, 6.45) is 7.89. The second-order valence-corrected chi connectivity index (χ2v) is 4.41. The predicted octanol–water partition coefficient (Wildman–Crippen LogP) is 3.51. The Hall–Kier alpha value is -0.850. The molecule has 0 radical (unpaired) electrons. The van der Waals surface area contributed by atoms with Crippen LogP contribution in [0.3, 0.4) is 0 Å². The molecule has 0 aliphatic heterocycles. The summed E-state index contributed by atoms with van der Waals surface area (Å²) in [7, 11) is 0. The summed E-state index contributed by atoms with van der Waals surface area (Å²) >= 11 is 0. The van der Waals surface area contributed by atoms with Crippen molar-refractivity contribution < 1.29 is 4.79 Å². The van der Waals surface area contributed by atoms with Gasteiger partial charge in [0, 0.05) is 12.3 Å². The highest BCUT2D eigenvalue weighted by molar-refractivity contribution is 5.83. The number of rotatable bonds is 4. The van der Waals surface area contributed by atoms with E-state index in [0.717, 1.165) is 25.7 Å². The molecule has 2 atom stereocenters. The SMILES string of the molecule is C=CC[C@@H]1CCC(=O)[C@@H]1CC=C(C)C. The molecule has 0 amide bonds. The molecule has 78 valence electrons. The maximum atomic E-state index is 11.6. The molecule has 0 unspecified atom stereocenters. The smallest absolute Gasteiger partial charge is 0.136 e. The van der Waals surface area contributed by atoms with E-state index in [9.17, 15) is 4.79 Å². The zero-order valence-electron chi connectivity index (χ0n) is 9.25. The molecule has 0 heterocycles. The fourth-order valence-corrected chi connectivity index (χ4v) is 2.16. The van der Waals surface area contributed by atoms with Gasteiger partial charge in [0.05, 0.1) is 0 Å². The van der Waals surface area contributed by atoms with Crippen molar-refractivity contribution in [3.63, 3.8) is 0 Å². The number of Topliss-reactive ketones (excluding diaryl/α,β-unsaturated/α-hetero) is 1. The minimum Gasteiger partial charge on any atom is -0.299 e. The third kappa shape index (κ3) is 2.83. The lowest BCUT2D eigenvalue weighted by Crippen LogP contribution is -2.13. The third-order valence-electron chi connectivity index (χ3n) is 2.99. The molecular formula is C13H20O. The van der Waals surface area contributed by atoms with Gasteiger partial charge in [-0.1, -0.05) is 17.7 Å². The quantitative estimate of drug-likeness (QED) is 0.623. The Labute approximate surface area is 86.9 Å². The van der Waals surface area contributed by atoms with Crippen molar-refractivity contribution in [2.24, 2.45) is 11.8 Å². The average Bonchev–Trinajstić information content (AvgIpc) is 2.45. The van der Waals surface area contributed by atoms with Gasteiger partial charge in [-0.2, -0.15) is 0 Å². The summed E-state index contributed by atoms with van der Waals surface area (Å²) in [6.45, 7) is 7.92. The summed E-state index contributed by atoms with van der Waals surface area (Å²) in [5.74, 6) is 1.27. The predicted molar refractivity (Wildman–Crippen MR) is 60.1 cm³/mol. The highest BCUT2D eigenvalue weighted by Gasteiger charge is 2.32. The van der Waals surface area contributed by atoms with Gasteiger partial charge in [0.25, 0.3) is 0 Å². The first kappa shape index (κ1) is 11.2. The Balaban J connectivity index is 2.57. The molecule has 1 nitrogen and oxygen atoms in total. The third-order valence-corrected chi connectivity index (χ3v) is 2.99. The molecule has 0 N–H and O–H groups in total. The van der Waals surface area contributed by atoms with E-state index in [4.69, 9.17) is 0 Å². The van der Waals surface area contributed by atoms with Crippen LogP contribution in [-0.2, 0) is 4.79 Å². The minimum atomic E-state index is 0.267. The number of carbonyl (C=O) groups is 1. The molecule has 14 heavy (non-hydrogen) atoms. The number of hydrogen-bond donors (Lipinski definition) is 0. The molecule has 1 heteroatoms. The first-order valence-corrected chi connectivity index (χ1v) is 5.42. The first-order chi connectivity index (χ1) is 6.65. The highest BCUT2D eigenvalue weighted by Crippen LogP contribution is 2.34. The largest absolute Gasteiger partial charge is 0.299 e. The summed E-state index contributed by atoms with van der Waals surface area (Å²) in [5, 5.41) is 0. The van der Waals surface area contributed by atoms with Gasteiger partial charge in [-0.05, 0) is 39.0 Å². The fraction of sp³-hybridized carbons (Fsp3) is 0.615. The van der Waals surface area contributed by atoms with E-state index in [2.05, 4.69) is 26.5 Å². The van der Waals surface area contributed by atoms with Crippen LogP contribution in [0, 0.1) is 11.8 Å². The van der Waals surface area contributed by atoms with Crippen molar-refractivity contribution in [2.75, 3.05) is 0 Å². The molecule has 0 aromatic rings. The monoisotopic (exact) mass is 192 g/mol. The van der Waals surface area contributed by atoms with E-state index in [1.165, 1.54) is 5.57 Å². The first-order valence-electron chi connectivity index (χ1n) is 5.42. The van der Waals surface area contributed by atoms with Crippen molar-refractivity contribution in [3.8, 4) is 0 Å². The molecular weight excluding hydrogens is 172 g/mol. The second-order valence-electron chi connectivity index (χ2n) is 4.41. The van der Waals surface area contributed by atoms with E-state index < -0.39 is 0 Å². The highest BCUT2D eigenvalue weighted by atomic mass is 16.1. The van der Waals surface area contributed by atoms with Crippen LogP contribution in [0.15, 0.2) is 24.3 Å². The zero-order chi connectivity index (χ0) is 10.6. The number of allylic oxidation sites excluding steroid dienone is 3. The molecule has 0 aromatic heterocycles. The molecule has 1 saturated carbocycles.